The molecule has 0 aliphatic heterocycles. The van der Waals surface area contributed by atoms with Crippen LogP contribution in [0.4, 0.5) is 0 Å². The van der Waals surface area contributed by atoms with E-state index in [1.165, 1.54) is 0 Å². The molecule has 1 aromatic rings. The average Bonchev–Trinajstić information content (AvgIpc) is 2.08. The third-order valence-electron chi connectivity index (χ3n) is 1.83. The molecule has 0 saturated carbocycles. The third kappa shape index (κ3) is 1.90. The fourth-order valence-corrected chi connectivity index (χ4v) is 1.22. The van der Waals surface area contributed by atoms with Crippen molar-refractivity contribution in [1.82, 2.24) is 0 Å². The summed E-state index contributed by atoms with van der Waals surface area (Å²) in [4.78, 5) is 0. The van der Waals surface area contributed by atoms with Crippen molar-refractivity contribution in [2.24, 2.45) is 5.73 Å². The highest BCUT2D eigenvalue weighted by Crippen LogP contribution is 2.27. The van der Waals surface area contributed by atoms with Crippen LogP contribution in [0.1, 0.15) is 24.9 Å². The molecule has 0 aromatic heterocycles. The highest BCUT2D eigenvalue weighted by atomic mass is 35.5. The minimum atomic E-state index is -0.135. The van der Waals surface area contributed by atoms with Crippen LogP contribution in [0.25, 0.3) is 0 Å². The lowest BCUT2D eigenvalue weighted by Gasteiger charge is -2.10. The molecule has 0 bridgehead atoms. The monoisotopic (exact) mass is 185 g/mol. The molecule has 3 heteroatoms. The highest BCUT2D eigenvalue weighted by Gasteiger charge is 2.08. The standard InChI is InChI=1S/C9H12ClNO/c1-2-8(11)7-5-6(10)3-4-9(7)12/h3-5,8,12H,2,11H2,1H3/t8-/m1/s1. The minimum Gasteiger partial charge on any atom is -0.508 e. The Morgan fingerprint density at radius 1 is 1.58 bits per heavy atom. The van der Waals surface area contributed by atoms with E-state index in [0.717, 1.165) is 6.42 Å². The number of aromatic hydroxyl groups is 1. The highest BCUT2D eigenvalue weighted by molar-refractivity contribution is 6.30. The van der Waals surface area contributed by atoms with Gasteiger partial charge in [0.05, 0.1) is 0 Å². The van der Waals surface area contributed by atoms with Crippen molar-refractivity contribution in [2.75, 3.05) is 0 Å². The summed E-state index contributed by atoms with van der Waals surface area (Å²) in [5, 5.41) is 10.0. The predicted molar refractivity (Wildman–Crippen MR) is 50.3 cm³/mol. The number of halogens is 1. The van der Waals surface area contributed by atoms with Gasteiger partial charge in [-0.05, 0) is 24.6 Å². The number of rotatable bonds is 2. The summed E-state index contributed by atoms with van der Waals surface area (Å²) < 4.78 is 0. The number of nitrogens with two attached hydrogens (primary N) is 1. The fourth-order valence-electron chi connectivity index (χ4n) is 1.04. The molecule has 0 fully saturated rings. The maximum absolute atomic E-state index is 9.40. The Hall–Kier alpha value is -0.730. The Morgan fingerprint density at radius 2 is 2.25 bits per heavy atom. The van der Waals surface area contributed by atoms with Crippen LogP contribution in [0.3, 0.4) is 0 Å². The number of hydrogen-bond acceptors (Lipinski definition) is 2. The van der Waals surface area contributed by atoms with E-state index in [1.807, 2.05) is 6.92 Å². The second kappa shape index (κ2) is 3.78. The molecule has 12 heavy (non-hydrogen) atoms. The van der Waals surface area contributed by atoms with Gasteiger partial charge >= 0.3 is 0 Å². The molecule has 1 rings (SSSR count). The van der Waals surface area contributed by atoms with Crippen LogP contribution in [0.2, 0.25) is 5.02 Å². The molecule has 66 valence electrons. The van der Waals surface area contributed by atoms with Crippen LogP contribution in [-0.2, 0) is 0 Å². The maximum Gasteiger partial charge on any atom is 0.120 e. The molecule has 0 spiro atoms. The van der Waals surface area contributed by atoms with Crippen LogP contribution >= 0.6 is 11.6 Å². The zero-order chi connectivity index (χ0) is 9.14. The van der Waals surface area contributed by atoms with Crippen molar-refractivity contribution in [3.05, 3.63) is 28.8 Å². The van der Waals surface area contributed by atoms with E-state index in [0.29, 0.717) is 10.6 Å². The lowest BCUT2D eigenvalue weighted by molar-refractivity contribution is 0.460. The van der Waals surface area contributed by atoms with Crippen molar-refractivity contribution in [3.63, 3.8) is 0 Å². The van der Waals surface area contributed by atoms with E-state index in [1.54, 1.807) is 18.2 Å². The summed E-state index contributed by atoms with van der Waals surface area (Å²) in [6.07, 6.45) is 0.786. The molecule has 0 amide bonds. The number of benzene rings is 1. The molecule has 0 radical (unpaired) electrons. The van der Waals surface area contributed by atoms with Gasteiger partial charge < -0.3 is 10.8 Å². The largest absolute Gasteiger partial charge is 0.508 e. The van der Waals surface area contributed by atoms with Gasteiger partial charge in [0, 0.05) is 16.6 Å². The Morgan fingerprint density at radius 3 is 2.83 bits per heavy atom. The quantitative estimate of drug-likeness (QED) is 0.744. The van der Waals surface area contributed by atoms with Crippen molar-refractivity contribution in [3.8, 4) is 5.75 Å². The first-order chi connectivity index (χ1) is 5.65. The van der Waals surface area contributed by atoms with Crippen molar-refractivity contribution in [1.29, 1.82) is 0 Å². The molecular weight excluding hydrogens is 174 g/mol. The van der Waals surface area contributed by atoms with Gasteiger partial charge in [-0.25, -0.2) is 0 Å². The van der Waals surface area contributed by atoms with Gasteiger partial charge in [-0.15, -0.1) is 0 Å². The predicted octanol–water partition coefficient (Wildman–Crippen LogP) is 2.46. The second-order valence-electron chi connectivity index (χ2n) is 2.72. The van der Waals surface area contributed by atoms with E-state index in [9.17, 15) is 5.11 Å². The summed E-state index contributed by atoms with van der Waals surface area (Å²) in [6, 6.07) is 4.77. The van der Waals surface area contributed by atoms with E-state index >= 15 is 0 Å². The first-order valence-corrected chi connectivity index (χ1v) is 4.27. The van der Waals surface area contributed by atoms with Gasteiger partial charge in [0.25, 0.3) is 0 Å². The fraction of sp³-hybridized carbons (Fsp3) is 0.333. The molecule has 0 unspecified atom stereocenters. The van der Waals surface area contributed by atoms with Crippen molar-refractivity contribution < 1.29 is 5.11 Å². The Kier molecular flexibility index (Phi) is 2.95. The molecular formula is C9H12ClNO. The molecule has 0 heterocycles. The van der Waals surface area contributed by atoms with E-state index in [2.05, 4.69) is 0 Å². The molecule has 1 atom stereocenters. The third-order valence-corrected chi connectivity index (χ3v) is 2.06. The first-order valence-electron chi connectivity index (χ1n) is 3.89. The summed E-state index contributed by atoms with van der Waals surface area (Å²) in [7, 11) is 0. The summed E-state index contributed by atoms with van der Waals surface area (Å²) in [5.74, 6) is 0.216. The molecule has 1 aromatic carbocycles. The number of phenols is 1. The van der Waals surface area contributed by atoms with Gasteiger partial charge in [0.1, 0.15) is 5.75 Å². The molecule has 2 nitrogen and oxygen atoms in total. The van der Waals surface area contributed by atoms with E-state index in [-0.39, 0.29) is 11.8 Å². The SMILES string of the molecule is CC[C@@H](N)c1cc(Cl)ccc1O. The van der Waals surface area contributed by atoms with Gasteiger partial charge in [0.15, 0.2) is 0 Å². The number of phenolic OH excluding ortho intramolecular Hbond substituents is 1. The summed E-state index contributed by atoms with van der Waals surface area (Å²) in [5.41, 5.74) is 6.46. The minimum absolute atomic E-state index is 0.135. The van der Waals surface area contributed by atoms with Crippen LogP contribution in [0.15, 0.2) is 18.2 Å². The lowest BCUT2D eigenvalue weighted by Crippen LogP contribution is -2.08. The van der Waals surface area contributed by atoms with Gasteiger partial charge in [-0.2, -0.15) is 0 Å². The molecule has 0 aliphatic rings. The number of hydrogen-bond donors (Lipinski definition) is 2. The second-order valence-corrected chi connectivity index (χ2v) is 3.15. The van der Waals surface area contributed by atoms with Crippen molar-refractivity contribution >= 4 is 11.6 Å². The van der Waals surface area contributed by atoms with E-state index < -0.39 is 0 Å². The van der Waals surface area contributed by atoms with Crippen LogP contribution in [0, 0.1) is 0 Å². The Bertz CT molecular complexity index is 275. The molecule has 0 aliphatic carbocycles. The van der Waals surface area contributed by atoms with Crippen LogP contribution in [0.5, 0.6) is 5.75 Å². The van der Waals surface area contributed by atoms with Crippen LogP contribution in [-0.4, -0.2) is 5.11 Å². The van der Waals surface area contributed by atoms with E-state index in [4.69, 9.17) is 17.3 Å². The Balaban J connectivity index is 3.04. The van der Waals surface area contributed by atoms with Gasteiger partial charge in [-0.1, -0.05) is 18.5 Å². The molecule has 0 saturated heterocycles. The zero-order valence-corrected chi connectivity index (χ0v) is 7.67. The summed E-state index contributed by atoms with van der Waals surface area (Å²) in [6.45, 7) is 1.96. The summed E-state index contributed by atoms with van der Waals surface area (Å²) >= 11 is 5.75. The van der Waals surface area contributed by atoms with Crippen LogP contribution < -0.4 is 5.73 Å². The van der Waals surface area contributed by atoms with Gasteiger partial charge in [0.2, 0.25) is 0 Å². The normalized spacial score (nSPS) is 12.9. The lowest BCUT2D eigenvalue weighted by atomic mass is 10.0. The first kappa shape index (κ1) is 9.36. The maximum atomic E-state index is 9.40. The Labute approximate surface area is 77.0 Å². The average molecular weight is 186 g/mol. The van der Waals surface area contributed by atoms with Crippen molar-refractivity contribution in [2.45, 2.75) is 19.4 Å². The molecule has 3 N–H and O–H groups in total. The zero-order valence-electron chi connectivity index (χ0n) is 6.92. The van der Waals surface area contributed by atoms with Gasteiger partial charge in [-0.3, -0.25) is 0 Å². The topological polar surface area (TPSA) is 46.2 Å². The smallest absolute Gasteiger partial charge is 0.120 e.